The lowest BCUT2D eigenvalue weighted by atomic mass is 9.95. The zero-order chi connectivity index (χ0) is 25.1. The van der Waals surface area contributed by atoms with Gasteiger partial charge in [-0.05, 0) is 36.6 Å². The van der Waals surface area contributed by atoms with Crippen LogP contribution in [0.15, 0.2) is 77.9 Å². The van der Waals surface area contributed by atoms with Gasteiger partial charge in [-0.25, -0.2) is 5.01 Å². The van der Waals surface area contributed by atoms with Gasteiger partial charge in [0.2, 0.25) is 0 Å². The maximum atomic E-state index is 13.6. The molecule has 1 unspecified atom stereocenters. The van der Waals surface area contributed by atoms with Gasteiger partial charge in [-0.3, -0.25) is 14.6 Å². The van der Waals surface area contributed by atoms with Gasteiger partial charge in [0.25, 0.3) is 5.91 Å². The van der Waals surface area contributed by atoms with Crippen molar-refractivity contribution in [2.24, 2.45) is 5.10 Å². The number of benzene rings is 3. The van der Waals surface area contributed by atoms with Crippen molar-refractivity contribution in [1.29, 1.82) is 0 Å². The number of piperazine rings is 1. The van der Waals surface area contributed by atoms with Crippen LogP contribution in [0, 0.1) is 13.8 Å². The molecule has 5 rings (SSSR count). The number of carbonyl (C=O) groups excluding carboxylic acids is 1. The lowest BCUT2D eigenvalue weighted by Crippen LogP contribution is -2.49. The monoisotopic (exact) mass is 500 g/mol. The first-order chi connectivity index (χ1) is 17.5. The van der Waals surface area contributed by atoms with E-state index >= 15 is 0 Å². The molecule has 1 fully saturated rings. The first-order valence-electron chi connectivity index (χ1n) is 12.7. The van der Waals surface area contributed by atoms with Crippen LogP contribution < -0.4 is 0 Å². The summed E-state index contributed by atoms with van der Waals surface area (Å²) >= 11 is 6.59. The first kappa shape index (κ1) is 24.7. The summed E-state index contributed by atoms with van der Waals surface area (Å²) in [6.45, 7) is 9.16. The molecule has 6 heteroatoms. The second kappa shape index (κ2) is 11.0. The lowest BCUT2D eigenvalue weighted by Gasteiger charge is -2.35. The van der Waals surface area contributed by atoms with E-state index in [2.05, 4.69) is 72.2 Å². The van der Waals surface area contributed by atoms with Crippen molar-refractivity contribution >= 4 is 23.2 Å². The first-order valence-corrected chi connectivity index (χ1v) is 13.1. The lowest BCUT2D eigenvalue weighted by molar-refractivity contribution is -0.134. The van der Waals surface area contributed by atoms with Gasteiger partial charge in [-0.1, -0.05) is 83.9 Å². The van der Waals surface area contributed by atoms with E-state index in [0.29, 0.717) is 18.0 Å². The fourth-order valence-corrected chi connectivity index (χ4v) is 5.50. The number of rotatable bonds is 6. The topological polar surface area (TPSA) is 39.2 Å². The fraction of sp³-hybridized carbons (Fsp3) is 0.333. The van der Waals surface area contributed by atoms with Crippen LogP contribution >= 0.6 is 11.6 Å². The third kappa shape index (κ3) is 5.54. The Kier molecular flexibility index (Phi) is 7.51. The normalized spacial score (nSPS) is 18.9. The zero-order valence-corrected chi connectivity index (χ0v) is 21.8. The minimum Gasteiger partial charge on any atom is -0.297 e. The molecule has 0 saturated carbocycles. The highest BCUT2D eigenvalue weighted by Crippen LogP contribution is 2.37. The molecule has 2 aliphatic heterocycles. The average molecular weight is 501 g/mol. The molecule has 0 N–H and O–H groups in total. The van der Waals surface area contributed by atoms with Crippen LogP contribution in [-0.4, -0.2) is 59.2 Å². The summed E-state index contributed by atoms with van der Waals surface area (Å²) in [5, 5.41) is 7.25. The fourth-order valence-electron chi connectivity index (χ4n) is 5.24. The summed E-state index contributed by atoms with van der Waals surface area (Å²) < 4.78 is 0. The Bertz CT molecular complexity index is 1250. The van der Waals surface area contributed by atoms with Gasteiger partial charge in [-0.2, -0.15) is 5.10 Å². The predicted octanol–water partition coefficient (Wildman–Crippen LogP) is 5.45. The molecule has 1 amide bonds. The Labute approximate surface area is 219 Å². The van der Waals surface area contributed by atoms with Crippen molar-refractivity contribution in [3.63, 3.8) is 0 Å². The Balaban J connectivity index is 1.30. The Hall–Kier alpha value is -2.99. The van der Waals surface area contributed by atoms with Gasteiger partial charge in [0.1, 0.15) is 0 Å². The van der Waals surface area contributed by atoms with Gasteiger partial charge in [-0.15, -0.1) is 0 Å². The zero-order valence-electron chi connectivity index (χ0n) is 21.0. The smallest absolute Gasteiger partial charge is 0.257 e. The second-order valence-electron chi connectivity index (χ2n) is 9.88. The molecular formula is C30H33ClN4O. The summed E-state index contributed by atoms with van der Waals surface area (Å²) in [5.74, 6) is 0.0243. The van der Waals surface area contributed by atoms with E-state index in [1.54, 1.807) is 5.01 Å². The molecule has 1 atom stereocenters. The number of hydrogen-bond acceptors (Lipinski definition) is 4. The Morgan fingerprint density at radius 2 is 1.61 bits per heavy atom. The molecule has 1 saturated heterocycles. The van der Waals surface area contributed by atoms with E-state index in [0.717, 1.165) is 49.6 Å². The Morgan fingerprint density at radius 3 is 2.33 bits per heavy atom. The molecule has 3 aromatic rings. The summed E-state index contributed by atoms with van der Waals surface area (Å²) in [5.41, 5.74) is 6.71. The number of hydrazone groups is 1. The number of halogens is 1. The second-order valence-corrected chi connectivity index (χ2v) is 10.3. The SMILES string of the molecule is Cc1ccc(C2=NN(C(=O)CN3CCN(Cc4ccccc4)CC3)C(c3ccccc3Cl)C2)c(C)c1. The van der Waals surface area contributed by atoms with E-state index in [1.165, 1.54) is 16.7 Å². The third-order valence-electron chi connectivity index (χ3n) is 7.20. The maximum absolute atomic E-state index is 13.6. The molecular weight excluding hydrogens is 468 g/mol. The van der Waals surface area contributed by atoms with Crippen molar-refractivity contribution in [2.45, 2.75) is 32.9 Å². The molecule has 2 aliphatic rings. The standard InChI is InChI=1S/C30H33ClN4O/c1-22-12-13-25(23(2)18-22)28-19-29(26-10-6-7-11-27(26)31)35(32-28)30(36)21-34-16-14-33(15-17-34)20-24-8-4-3-5-9-24/h3-13,18,29H,14-17,19-21H2,1-2H3. The van der Waals surface area contributed by atoms with Crippen molar-refractivity contribution in [1.82, 2.24) is 14.8 Å². The van der Waals surface area contributed by atoms with Crippen molar-refractivity contribution in [2.75, 3.05) is 32.7 Å². The number of nitrogens with zero attached hydrogens (tertiary/aromatic N) is 4. The van der Waals surface area contributed by atoms with Gasteiger partial charge in [0.15, 0.2) is 0 Å². The van der Waals surface area contributed by atoms with Gasteiger partial charge < -0.3 is 0 Å². The van der Waals surface area contributed by atoms with Crippen LogP contribution in [0.5, 0.6) is 0 Å². The summed E-state index contributed by atoms with van der Waals surface area (Å²) in [7, 11) is 0. The molecule has 186 valence electrons. The molecule has 36 heavy (non-hydrogen) atoms. The molecule has 0 radical (unpaired) electrons. The largest absolute Gasteiger partial charge is 0.297 e. The van der Waals surface area contributed by atoms with Crippen LogP contribution in [0.4, 0.5) is 0 Å². The molecule has 3 aromatic carbocycles. The number of amides is 1. The highest BCUT2D eigenvalue weighted by molar-refractivity contribution is 6.31. The number of aryl methyl sites for hydroxylation is 2. The van der Waals surface area contributed by atoms with Gasteiger partial charge in [0.05, 0.1) is 18.3 Å². The van der Waals surface area contributed by atoms with Crippen LogP contribution in [0.1, 0.15) is 40.3 Å². The van der Waals surface area contributed by atoms with Crippen LogP contribution in [0.2, 0.25) is 5.02 Å². The van der Waals surface area contributed by atoms with Crippen molar-refractivity contribution < 1.29 is 4.79 Å². The predicted molar refractivity (Wildman–Crippen MR) is 146 cm³/mol. The van der Waals surface area contributed by atoms with E-state index in [1.807, 2.05) is 24.3 Å². The van der Waals surface area contributed by atoms with E-state index in [-0.39, 0.29) is 11.9 Å². The van der Waals surface area contributed by atoms with Gasteiger partial charge in [0, 0.05) is 49.7 Å². The molecule has 0 aliphatic carbocycles. The van der Waals surface area contributed by atoms with Gasteiger partial charge >= 0.3 is 0 Å². The number of carbonyl (C=O) groups is 1. The average Bonchev–Trinajstić information content (AvgIpc) is 3.31. The highest BCUT2D eigenvalue weighted by Gasteiger charge is 2.35. The van der Waals surface area contributed by atoms with E-state index < -0.39 is 0 Å². The summed E-state index contributed by atoms with van der Waals surface area (Å²) in [6, 6.07) is 24.6. The molecule has 0 bridgehead atoms. The third-order valence-corrected chi connectivity index (χ3v) is 7.54. The molecule has 0 aromatic heterocycles. The minimum atomic E-state index is -0.193. The Morgan fingerprint density at radius 1 is 0.917 bits per heavy atom. The maximum Gasteiger partial charge on any atom is 0.257 e. The summed E-state index contributed by atoms with van der Waals surface area (Å²) in [6.07, 6.45) is 0.657. The van der Waals surface area contributed by atoms with E-state index in [4.69, 9.17) is 16.7 Å². The molecule has 2 heterocycles. The summed E-state index contributed by atoms with van der Waals surface area (Å²) in [4.78, 5) is 18.3. The quantitative estimate of drug-likeness (QED) is 0.451. The van der Waals surface area contributed by atoms with Crippen molar-refractivity contribution in [3.8, 4) is 0 Å². The molecule has 0 spiro atoms. The van der Waals surface area contributed by atoms with Crippen LogP contribution in [0.25, 0.3) is 0 Å². The van der Waals surface area contributed by atoms with E-state index in [9.17, 15) is 4.79 Å². The molecule has 5 nitrogen and oxygen atoms in total. The minimum absolute atomic E-state index is 0.0243. The highest BCUT2D eigenvalue weighted by atomic mass is 35.5. The van der Waals surface area contributed by atoms with Crippen molar-refractivity contribution in [3.05, 3.63) is 106 Å². The van der Waals surface area contributed by atoms with Crippen LogP contribution in [0.3, 0.4) is 0 Å². The number of hydrogen-bond donors (Lipinski definition) is 0. The van der Waals surface area contributed by atoms with Crippen LogP contribution in [-0.2, 0) is 11.3 Å².